The van der Waals surface area contributed by atoms with Crippen molar-refractivity contribution in [2.24, 2.45) is 17.8 Å². The summed E-state index contributed by atoms with van der Waals surface area (Å²) >= 11 is 1.21. The molecule has 0 bridgehead atoms. The number of thiophene rings is 1. The van der Waals surface area contributed by atoms with Gasteiger partial charge in [0.15, 0.2) is 0 Å². The summed E-state index contributed by atoms with van der Waals surface area (Å²) in [6.45, 7) is 8.93. The molecule has 33 heavy (non-hydrogen) atoms. The van der Waals surface area contributed by atoms with Gasteiger partial charge >= 0.3 is 0 Å². The van der Waals surface area contributed by atoms with Gasteiger partial charge in [0, 0.05) is 24.0 Å². The van der Waals surface area contributed by atoms with Crippen molar-refractivity contribution in [1.82, 2.24) is 19.2 Å². The third-order valence-electron chi connectivity index (χ3n) is 7.51. The Morgan fingerprint density at radius 1 is 1.18 bits per heavy atom. The summed E-state index contributed by atoms with van der Waals surface area (Å²) < 4.78 is 29.7. The lowest BCUT2D eigenvalue weighted by Crippen LogP contribution is -2.45. The number of amides is 1. The molecule has 1 saturated heterocycles. The van der Waals surface area contributed by atoms with E-state index < -0.39 is 15.6 Å². The van der Waals surface area contributed by atoms with Crippen LogP contribution in [0.1, 0.15) is 57.8 Å². The maximum Gasteiger partial charge on any atom is 0.263 e. The summed E-state index contributed by atoms with van der Waals surface area (Å²) in [4.78, 5) is 31.5. The van der Waals surface area contributed by atoms with Gasteiger partial charge < -0.3 is 5.32 Å². The van der Waals surface area contributed by atoms with E-state index in [-0.39, 0.29) is 28.8 Å². The molecular weight excluding hydrogens is 460 g/mol. The molecule has 182 valence electrons. The van der Waals surface area contributed by atoms with Gasteiger partial charge in [-0.1, -0.05) is 33.6 Å². The third kappa shape index (κ3) is 4.74. The second-order valence-electron chi connectivity index (χ2n) is 9.87. The Balaban J connectivity index is 1.62. The minimum Gasteiger partial charge on any atom is -0.352 e. The first-order chi connectivity index (χ1) is 15.6. The molecule has 1 amide bonds. The summed E-state index contributed by atoms with van der Waals surface area (Å²) in [5.74, 6) is 1.17. The summed E-state index contributed by atoms with van der Waals surface area (Å²) in [5.41, 5.74) is -0.478. The molecule has 3 atom stereocenters. The van der Waals surface area contributed by atoms with Crippen LogP contribution in [0.5, 0.6) is 0 Å². The molecule has 1 aliphatic heterocycles. The van der Waals surface area contributed by atoms with Crippen molar-refractivity contribution in [3.05, 3.63) is 21.6 Å². The quantitative estimate of drug-likeness (QED) is 0.688. The minimum atomic E-state index is -3.81. The van der Waals surface area contributed by atoms with E-state index in [4.69, 9.17) is 0 Å². The smallest absolute Gasteiger partial charge is 0.263 e. The number of nitrogens with one attached hydrogen (secondary N) is 1. The van der Waals surface area contributed by atoms with Gasteiger partial charge in [-0.05, 0) is 43.9 Å². The molecule has 2 fully saturated rings. The molecule has 3 heterocycles. The van der Waals surface area contributed by atoms with E-state index >= 15 is 0 Å². The Morgan fingerprint density at radius 2 is 1.88 bits per heavy atom. The second-order valence-corrected chi connectivity index (χ2v) is 13.0. The Morgan fingerprint density at radius 3 is 2.58 bits per heavy atom. The number of carbonyl (C=O) groups is 1. The van der Waals surface area contributed by atoms with Gasteiger partial charge in [0.2, 0.25) is 15.9 Å². The van der Waals surface area contributed by atoms with Crippen LogP contribution in [0.4, 0.5) is 0 Å². The van der Waals surface area contributed by atoms with Crippen LogP contribution >= 0.6 is 11.3 Å². The van der Waals surface area contributed by atoms with Crippen LogP contribution in [-0.4, -0.2) is 47.3 Å². The van der Waals surface area contributed by atoms with Crippen LogP contribution in [0.15, 0.2) is 16.0 Å². The molecule has 0 aromatic carbocycles. The number of hydrogen-bond donors (Lipinski definition) is 1. The molecule has 1 saturated carbocycles. The van der Waals surface area contributed by atoms with Crippen LogP contribution in [0, 0.1) is 24.7 Å². The lowest BCUT2D eigenvalue weighted by molar-refractivity contribution is -0.123. The normalized spacial score (nSPS) is 25.4. The predicted octanol–water partition coefficient (Wildman–Crippen LogP) is 3.13. The highest BCUT2D eigenvalue weighted by atomic mass is 32.2. The van der Waals surface area contributed by atoms with Crippen molar-refractivity contribution < 1.29 is 13.2 Å². The monoisotopic (exact) mass is 494 g/mol. The number of aryl methyl sites for hydroxylation is 1. The first-order valence-corrected chi connectivity index (χ1v) is 14.1. The fourth-order valence-corrected chi connectivity index (χ4v) is 8.22. The molecule has 0 radical (unpaired) electrons. The fourth-order valence-electron chi connectivity index (χ4n) is 5.08. The highest BCUT2D eigenvalue weighted by Crippen LogP contribution is 2.34. The standard InChI is InChI=1S/C23H34N4O4S2/c1-14-8-10-27(11-9-14)33(30,31)21-17(4)32-22-20(21)23(29)26(13-24-22)12-19(28)25-18-7-5-6-15(2)16(18)3/h13-16,18H,5-12H2,1-4H3,(H,25,28)/t15-,16-,18+/m0/s1. The first-order valence-electron chi connectivity index (χ1n) is 11.9. The summed E-state index contributed by atoms with van der Waals surface area (Å²) in [6.07, 6.45) is 6.14. The van der Waals surface area contributed by atoms with Crippen molar-refractivity contribution in [3.63, 3.8) is 0 Å². The highest BCUT2D eigenvalue weighted by Gasteiger charge is 2.34. The first kappa shape index (κ1) is 24.3. The molecule has 2 aromatic heterocycles. The van der Waals surface area contributed by atoms with Crippen molar-refractivity contribution in [2.75, 3.05) is 13.1 Å². The van der Waals surface area contributed by atoms with Gasteiger partial charge in [-0.2, -0.15) is 4.31 Å². The molecule has 2 aromatic rings. The molecular formula is C23H34N4O4S2. The van der Waals surface area contributed by atoms with Gasteiger partial charge in [0.25, 0.3) is 5.56 Å². The van der Waals surface area contributed by atoms with E-state index in [1.807, 2.05) is 0 Å². The molecule has 4 rings (SSSR count). The van der Waals surface area contributed by atoms with Gasteiger partial charge in [-0.3, -0.25) is 14.2 Å². The van der Waals surface area contributed by atoms with E-state index in [0.29, 0.717) is 40.6 Å². The van der Waals surface area contributed by atoms with Gasteiger partial charge in [0.05, 0.1) is 11.7 Å². The average Bonchev–Trinajstić information content (AvgIpc) is 3.11. The average molecular weight is 495 g/mol. The highest BCUT2D eigenvalue weighted by molar-refractivity contribution is 7.89. The second kappa shape index (κ2) is 9.46. The zero-order valence-corrected chi connectivity index (χ0v) is 21.5. The minimum absolute atomic E-state index is 0.0547. The largest absolute Gasteiger partial charge is 0.352 e. The van der Waals surface area contributed by atoms with Crippen molar-refractivity contribution in [2.45, 2.75) is 77.3 Å². The summed E-state index contributed by atoms with van der Waals surface area (Å²) in [6, 6.07) is 0.0921. The van der Waals surface area contributed by atoms with E-state index in [9.17, 15) is 18.0 Å². The number of hydrogen-bond acceptors (Lipinski definition) is 6. The van der Waals surface area contributed by atoms with Crippen LogP contribution in [0.3, 0.4) is 0 Å². The van der Waals surface area contributed by atoms with Crippen molar-refractivity contribution >= 4 is 37.5 Å². The van der Waals surface area contributed by atoms with E-state index in [1.54, 1.807) is 6.92 Å². The Kier molecular flexibility index (Phi) is 6.98. The molecule has 0 spiro atoms. The molecule has 10 heteroatoms. The maximum absolute atomic E-state index is 13.5. The third-order valence-corrected chi connectivity index (χ3v) is 10.7. The zero-order chi connectivity index (χ0) is 23.9. The van der Waals surface area contributed by atoms with Gasteiger partial charge in [0.1, 0.15) is 16.3 Å². The van der Waals surface area contributed by atoms with Gasteiger partial charge in [-0.25, -0.2) is 13.4 Å². The number of piperidine rings is 1. The Labute approximate surface area is 199 Å². The van der Waals surface area contributed by atoms with E-state index in [2.05, 4.69) is 31.1 Å². The van der Waals surface area contributed by atoms with Gasteiger partial charge in [-0.15, -0.1) is 11.3 Å². The van der Waals surface area contributed by atoms with E-state index in [1.165, 1.54) is 26.5 Å². The SMILES string of the molecule is Cc1sc2ncn(CC(=O)N[C@@H]3CCC[C@H](C)[C@@H]3C)c(=O)c2c1S(=O)(=O)N1CCC(C)CC1. The number of carbonyl (C=O) groups excluding carboxylic acids is 1. The number of aromatic nitrogens is 2. The predicted molar refractivity (Wildman–Crippen MR) is 130 cm³/mol. The number of fused-ring (bicyclic) bond motifs is 1. The Bertz CT molecular complexity index is 1190. The van der Waals surface area contributed by atoms with Crippen molar-refractivity contribution in [1.29, 1.82) is 0 Å². The van der Waals surface area contributed by atoms with Crippen molar-refractivity contribution in [3.8, 4) is 0 Å². The number of nitrogens with zero attached hydrogens (tertiary/aromatic N) is 3. The van der Waals surface area contributed by atoms with Crippen LogP contribution in [0.25, 0.3) is 10.2 Å². The summed E-state index contributed by atoms with van der Waals surface area (Å²) in [7, 11) is -3.81. The molecule has 0 unspecified atom stereocenters. The van der Waals surface area contributed by atoms with E-state index in [0.717, 1.165) is 32.1 Å². The number of sulfonamides is 1. The molecule has 2 aliphatic rings. The van der Waals surface area contributed by atoms with Crippen LogP contribution in [0.2, 0.25) is 0 Å². The topological polar surface area (TPSA) is 101 Å². The lowest BCUT2D eigenvalue weighted by atomic mass is 9.78. The molecule has 8 nitrogen and oxygen atoms in total. The molecule has 1 aliphatic carbocycles. The summed E-state index contributed by atoms with van der Waals surface area (Å²) in [5, 5.41) is 3.18. The van der Waals surface area contributed by atoms with Crippen LogP contribution in [-0.2, 0) is 21.4 Å². The maximum atomic E-state index is 13.5. The van der Waals surface area contributed by atoms with Crippen LogP contribution < -0.4 is 10.9 Å². The molecule has 1 N–H and O–H groups in total. The lowest BCUT2D eigenvalue weighted by Gasteiger charge is -2.34. The zero-order valence-electron chi connectivity index (χ0n) is 19.8. The number of rotatable bonds is 5. The fraction of sp³-hybridized carbons (Fsp3) is 0.696. The Hall–Kier alpha value is -1.78.